The van der Waals surface area contributed by atoms with Crippen LogP contribution in [0.3, 0.4) is 0 Å². The van der Waals surface area contributed by atoms with E-state index >= 15 is 0 Å². The van der Waals surface area contributed by atoms with E-state index in [1.54, 1.807) is 0 Å². The summed E-state index contributed by atoms with van der Waals surface area (Å²) in [4.78, 5) is 9.40. The lowest BCUT2D eigenvalue weighted by Gasteiger charge is -2.23. The lowest BCUT2D eigenvalue weighted by atomic mass is 9.92. The number of rotatable bonds is 2. The zero-order chi connectivity index (χ0) is 16.1. The minimum Gasteiger partial charge on any atom is -0.317 e. The molecular formula is C19H21N5. The topological polar surface area (TPSA) is 55.6 Å². The van der Waals surface area contributed by atoms with E-state index in [0.717, 1.165) is 41.3 Å². The summed E-state index contributed by atoms with van der Waals surface area (Å²) in [5.74, 6) is 2.49. The Balaban J connectivity index is 1.62. The molecule has 1 aliphatic carbocycles. The van der Waals surface area contributed by atoms with Crippen LogP contribution < -0.4 is 5.32 Å². The SMILES string of the molecule is Cc1nc([C@H]2CC23CCNCC3)n(-c2cccc3cccnc23)n1. The van der Waals surface area contributed by atoms with Gasteiger partial charge in [0.25, 0.3) is 0 Å². The maximum absolute atomic E-state index is 4.81. The van der Waals surface area contributed by atoms with Gasteiger partial charge in [0.2, 0.25) is 0 Å². The number of pyridine rings is 1. The monoisotopic (exact) mass is 319 g/mol. The van der Waals surface area contributed by atoms with E-state index in [9.17, 15) is 0 Å². The molecule has 1 spiro atoms. The van der Waals surface area contributed by atoms with Gasteiger partial charge in [0.15, 0.2) is 0 Å². The summed E-state index contributed by atoms with van der Waals surface area (Å²) >= 11 is 0. The van der Waals surface area contributed by atoms with Gasteiger partial charge in [-0.05, 0) is 56.8 Å². The zero-order valence-electron chi connectivity index (χ0n) is 13.9. The molecule has 24 heavy (non-hydrogen) atoms. The van der Waals surface area contributed by atoms with Gasteiger partial charge in [-0.25, -0.2) is 9.67 Å². The molecule has 1 saturated carbocycles. The lowest BCUT2D eigenvalue weighted by Crippen LogP contribution is -2.29. The van der Waals surface area contributed by atoms with Crippen molar-refractivity contribution in [2.75, 3.05) is 13.1 Å². The Morgan fingerprint density at radius 1 is 1.17 bits per heavy atom. The highest BCUT2D eigenvalue weighted by Gasteiger charge is 2.56. The van der Waals surface area contributed by atoms with E-state index in [0.29, 0.717) is 11.3 Å². The van der Waals surface area contributed by atoms with Crippen molar-refractivity contribution in [1.29, 1.82) is 0 Å². The number of fused-ring (bicyclic) bond motifs is 1. The normalized spacial score (nSPS) is 22.1. The van der Waals surface area contributed by atoms with Gasteiger partial charge in [-0.3, -0.25) is 4.98 Å². The number of nitrogens with zero attached hydrogens (tertiary/aromatic N) is 4. The number of nitrogens with one attached hydrogen (secondary N) is 1. The smallest absolute Gasteiger partial charge is 0.148 e. The Bertz CT molecular complexity index is 902. The van der Waals surface area contributed by atoms with Crippen LogP contribution in [0.25, 0.3) is 16.6 Å². The highest BCUT2D eigenvalue weighted by atomic mass is 15.4. The van der Waals surface area contributed by atoms with Crippen LogP contribution in [-0.2, 0) is 0 Å². The van der Waals surface area contributed by atoms with Crippen molar-refractivity contribution in [3.05, 3.63) is 48.2 Å². The fourth-order valence-corrected chi connectivity index (χ4v) is 4.28. The van der Waals surface area contributed by atoms with Crippen LogP contribution in [-0.4, -0.2) is 32.8 Å². The van der Waals surface area contributed by atoms with Crippen molar-refractivity contribution in [2.24, 2.45) is 5.41 Å². The molecule has 0 amide bonds. The predicted molar refractivity (Wildman–Crippen MR) is 93.3 cm³/mol. The van der Waals surface area contributed by atoms with E-state index < -0.39 is 0 Å². The molecule has 5 heteroatoms. The summed E-state index contributed by atoms with van der Waals surface area (Å²) in [7, 11) is 0. The molecule has 0 radical (unpaired) electrons. The molecule has 0 bridgehead atoms. The van der Waals surface area contributed by atoms with Gasteiger partial charge in [-0.15, -0.1) is 0 Å². The van der Waals surface area contributed by atoms with Crippen LogP contribution >= 0.6 is 0 Å². The first kappa shape index (κ1) is 14.1. The molecule has 1 aliphatic heterocycles. The minimum atomic E-state index is 0.445. The fourth-order valence-electron chi connectivity index (χ4n) is 4.28. The molecule has 1 aromatic carbocycles. The van der Waals surface area contributed by atoms with Gasteiger partial charge in [-0.2, -0.15) is 5.10 Å². The number of aromatic nitrogens is 4. The predicted octanol–water partition coefficient (Wildman–Crippen LogP) is 2.98. The van der Waals surface area contributed by atoms with Gasteiger partial charge in [0.05, 0.1) is 11.2 Å². The third-order valence-corrected chi connectivity index (χ3v) is 5.68. The highest BCUT2D eigenvalue weighted by molar-refractivity contribution is 5.86. The molecule has 1 N–H and O–H groups in total. The van der Waals surface area contributed by atoms with E-state index in [2.05, 4.69) is 34.6 Å². The van der Waals surface area contributed by atoms with Crippen molar-refractivity contribution in [2.45, 2.75) is 32.1 Å². The highest BCUT2D eigenvalue weighted by Crippen LogP contribution is 2.64. The summed E-state index contributed by atoms with van der Waals surface area (Å²) in [5.41, 5.74) is 2.48. The Morgan fingerprint density at radius 2 is 2.00 bits per heavy atom. The Labute approximate surface area is 141 Å². The third kappa shape index (κ3) is 2.08. The van der Waals surface area contributed by atoms with Crippen LogP contribution in [0.5, 0.6) is 0 Å². The molecule has 3 aromatic rings. The maximum atomic E-state index is 4.81. The van der Waals surface area contributed by atoms with Gasteiger partial charge in [0.1, 0.15) is 11.6 Å². The number of benzene rings is 1. The number of hydrogen-bond donors (Lipinski definition) is 1. The van der Waals surface area contributed by atoms with Gasteiger partial charge < -0.3 is 5.32 Å². The summed E-state index contributed by atoms with van der Waals surface area (Å²) in [6.45, 7) is 4.23. The molecule has 2 fully saturated rings. The van der Waals surface area contributed by atoms with Crippen LogP contribution in [0.2, 0.25) is 0 Å². The van der Waals surface area contributed by atoms with Crippen molar-refractivity contribution < 1.29 is 0 Å². The van der Waals surface area contributed by atoms with Crippen LogP contribution in [0.4, 0.5) is 0 Å². The second-order valence-corrected chi connectivity index (χ2v) is 7.15. The largest absolute Gasteiger partial charge is 0.317 e. The number of piperidine rings is 1. The summed E-state index contributed by atoms with van der Waals surface area (Å²) in [6, 6.07) is 10.4. The first-order valence-electron chi connectivity index (χ1n) is 8.75. The van der Waals surface area contributed by atoms with Gasteiger partial charge in [0, 0.05) is 17.5 Å². The molecule has 0 unspecified atom stereocenters. The quantitative estimate of drug-likeness (QED) is 0.789. The Kier molecular flexibility index (Phi) is 3.00. The van der Waals surface area contributed by atoms with E-state index in [1.807, 2.05) is 23.9 Å². The fraction of sp³-hybridized carbons (Fsp3) is 0.421. The van der Waals surface area contributed by atoms with Crippen LogP contribution in [0.1, 0.15) is 36.8 Å². The van der Waals surface area contributed by atoms with Crippen LogP contribution in [0.15, 0.2) is 36.5 Å². The molecule has 5 nitrogen and oxygen atoms in total. The zero-order valence-corrected chi connectivity index (χ0v) is 13.9. The summed E-state index contributed by atoms with van der Waals surface area (Å²) in [6.07, 6.45) is 5.58. The number of para-hydroxylation sites is 1. The molecule has 1 saturated heterocycles. The van der Waals surface area contributed by atoms with Crippen molar-refractivity contribution in [1.82, 2.24) is 25.1 Å². The molecule has 2 aromatic heterocycles. The van der Waals surface area contributed by atoms with Crippen molar-refractivity contribution >= 4 is 10.9 Å². The average molecular weight is 319 g/mol. The molecule has 122 valence electrons. The maximum Gasteiger partial charge on any atom is 0.148 e. The molecule has 3 heterocycles. The third-order valence-electron chi connectivity index (χ3n) is 5.68. The lowest BCUT2D eigenvalue weighted by molar-refractivity contribution is 0.339. The molecule has 1 atom stereocenters. The van der Waals surface area contributed by atoms with E-state index in [-0.39, 0.29) is 0 Å². The Hall–Kier alpha value is -2.27. The molecular weight excluding hydrogens is 298 g/mol. The number of aryl methyl sites for hydroxylation is 1. The van der Waals surface area contributed by atoms with Crippen molar-refractivity contribution in [3.8, 4) is 5.69 Å². The first-order valence-corrected chi connectivity index (χ1v) is 8.75. The Morgan fingerprint density at radius 3 is 2.88 bits per heavy atom. The molecule has 5 rings (SSSR count). The summed E-state index contributed by atoms with van der Waals surface area (Å²) in [5, 5.41) is 9.34. The minimum absolute atomic E-state index is 0.445. The average Bonchev–Trinajstić information content (AvgIpc) is 3.15. The first-order chi connectivity index (χ1) is 11.8. The van der Waals surface area contributed by atoms with Crippen LogP contribution in [0, 0.1) is 12.3 Å². The molecule has 2 aliphatic rings. The van der Waals surface area contributed by atoms with Crippen molar-refractivity contribution in [3.63, 3.8) is 0 Å². The number of hydrogen-bond acceptors (Lipinski definition) is 4. The van der Waals surface area contributed by atoms with E-state index in [4.69, 9.17) is 10.1 Å². The summed E-state index contributed by atoms with van der Waals surface area (Å²) < 4.78 is 2.05. The second kappa shape index (κ2) is 5.11. The second-order valence-electron chi connectivity index (χ2n) is 7.15. The van der Waals surface area contributed by atoms with E-state index in [1.165, 1.54) is 19.3 Å². The van der Waals surface area contributed by atoms with Gasteiger partial charge in [-0.1, -0.05) is 18.2 Å². The van der Waals surface area contributed by atoms with Gasteiger partial charge >= 0.3 is 0 Å². The standard InChI is InChI=1S/C19H21N5/c1-13-22-18(15-12-19(15)7-10-20-11-8-19)24(23-13)16-6-2-4-14-5-3-9-21-17(14)16/h2-6,9,15,20H,7-8,10-12H2,1H3/t15-/m1/s1.